The van der Waals surface area contributed by atoms with Crippen molar-refractivity contribution in [2.75, 3.05) is 13.1 Å². The van der Waals surface area contributed by atoms with Crippen molar-refractivity contribution >= 4 is 28.3 Å². The van der Waals surface area contributed by atoms with E-state index in [2.05, 4.69) is 42.0 Å². The fraction of sp³-hybridized carbons (Fsp3) is 0.333. The number of hydrogen-bond donors (Lipinski definition) is 1. The normalized spacial score (nSPS) is 12.4. The third-order valence-corrected chi connectivity index (χ3v) is 6.83. The van der Waals surface area contributed by atoms with Gasteiger partial charge >= 0.3 is 0 Å². The number of carbonyl (C=O) groups excluding carboxylic acids is 1. The van der Waals surface area contributed by atoms with E-state index in [-0.39, 0.29) is 17.9 Å². The molecule has 33 heavy (non-hydrogen) atoms. The van der Waals surface area contributed by atoms with Crippen molar-refractivity contribution in [3.8, 4) is 0 Å². The molecule has 6 heteroatoms. The van der Waals surface area contributed by atoms with E-state index in [1.54, 1.807) is 11.3 Å². The Bertz CT molecular complexity index is 1190. The average Bonchev–Trinajstić information content (AvgIpc) is 3.45. The van der Waals surface area contributed by atoms with Gasteiger partial charge < -0.3 is 15.2 Å². The van der Waals surface area contributed by atoms with Gasteiger partial charge in [0.2, 0.25) is 0 Å². The number of amides is 1. The Morgan fingerprint density at radius 2 is 1.85 bits per heavy atom. The molecule has 0 spiro atoms. The van der Waals surface area contributed by atoms with E-state index >= 15 is 0 Å². The molecule has 0 saturated carbocycles. The van der Waals surface area contributed by atoms with E-state index in [1.165, 1.54) is 4.88 Å². The van der Waals surface area contributed by atoms with E-state index in [9.17, 15) is 4.79 Å². The van der Waals surface area contributed by atoms with Crippen LogP contribution in [-0.4, -0.2) is 33.4 Å². The van der Waals surface area contributed by atoms with Crippen molar-refractivity contribution in [2.24, 2.45) is 11.7 Å². The first kappa shape index (κ1) is 23.2. The van der Waals surface area contributed by atoms with Crippen molar-refractivity contribution < 1.29 is 4.79 Å². The number of imidazole rings is 1. The van der Waals surface area contributed by atoms with E-state index in [4.69, 9.17) is 10.7 Å². The Hall–Kier alpha value is -2.96. The summed E-state index contributed by atoms with van der Waals surface area (Å²) in [4.78, 5) is 22.1. The Balaban J connectivity index is 1.82. The van der Waals surface area contributed by atoms with Crippen LogP contribution < -0.4 is 5.73 Å². The zero-order chi connectivity index (χ0) is 23.4. The second-order valence-corrected chi connectivity index (χ2v) is 9.85. The molecular weight excluding hydrogens is 428 g/mol. The molecule has 0 radical (unpaired) electrons. The highest BCUT2D eigenvalue weighted by atomic mass is 32.1. The maximum absolute atomic E-state index is 13.8. The number of hydrogen-bond acceptors (Lipinski definition) is 4. The number of rotatable bonds is 9. The van der Waals surface area contributed by atoms with Crippen LogP contribution in [0, 0.1) is 12.8 Å². The van der Waals surface area contributed by atoms with E-state index in [0.717, 1.165) is 35.4 Å². The molecule has 0 aliphatic carbocycles. The van der Waals surface area contributed by atoms with Gasteiger partial charge in [0.25, 0.3) is 5.91 Å². The van der Waals surface area contributed by atoms with Crippen molar-refractivity contribution in [1.29, 1.82) is 0 Å². The largest absolute Gasteiger partial charge is 0.330 e. The average molecular weight is 461 g/mol. The highest BCUT2D eigenvalue weighted by Gasteiger charge is 2.32. The second-order valence-electron chi connectivity index (χ2n) is 8.82. The third kappa shape index (κ3) is 5.02. The Kier molecular flexibility index (Phi) is 7.26. The first-order valence-electron chi connectivity index (χ1n) is 11.5. The lowest BCUT2D eigenvalue weighted by molar-refractivity contribution is 0.0605. The molecule has 4 rings (SSSR count). The summed E-state index contributed by atoms with van der Waals surface area (Å²) in [5, 5.41) is 2.10. The summed E-state index contributed by atoms with van der Waals surface area (Å²) >= 11 is 1.74. The van der Waals surface area contributed by atoms with Crippen LogP contribution in [0.5, 0.6) is 0 Å². The summed E-state index contributed by atoms with van der Waals surface area (Å²) in [7, 11) is 0. The number of thiophene rings is 1. The van der Waals surface area contributed by atoms with Gasteiger partial charge in [-0.2, -0.15) is 0 Å². The molecule has 2 N–H and O–H groups in total. The van der Waals surface area contributed by atoms with Gasteiger partial charge in [-0.05, 0) is 61.5 Å². The van der Waals surface area contributed by atoms with Crippen LogP contribution in [0.2, 0.25) is 0 Å². The van der Waals surface area contributed by atoms with Crippen LogP contribution >= 0.6 is 11.3 Å². The molecule has 5 nitrogen and oxygen atoms in total. The topological polar surface area (TPSA) is 64.2 Å². The summed E-state index contributed by atoms with van der Waals surface area (Å²) in [6.07, 6.45) is 0.742. The number of nitrogens with two attached hydrogens (primary N) is 1. The predicted molar refractivity (Wildman–Crippen MR) is 137 cm³/mol. The minimum Gasteiger partial charge on any atom is -0.330 e. The van der Waals surface area contributed by atoms with Crippen molar-refractivity contribution in [3.05, 3.63) is 87.9 Å². The molecule has 2 aromatic carbocycles. The van der Waals surface area contributed by atoms with Gasteiger partial charge in [0.05, 0.1) is 23.6 Å². The lowest BCUT2D eigenvalue weighted by Crippen LogP contribution is -2.40. The Labute approximate surface area is 199 Å². The van der Waals surface area contributed by atoms with Gasteiger partial charge in [0.15, 0.2) is 0 Å². The lowest BCUT2D eigenvalue weighted by atomic mass is 9.99. The molecule has 172 valence electrons. The first-order chi connectivity index (χ1) is 16.0. The summed E-state index contributed by atoms with van der Waals surface area (Å²) < 4.78 is 2.28. The summed E-state index contributed by atoms with van der Waals surface area (Å²) in [5.41, 5.74) is 9.76. The van der Waals surface area contributed by atoms with Crippen molar-refractivity contribution in [3.63, 3.8) is 0 Å². The molecular formula is C27H32N4OS. The summed E-state index contributed by atoms with van der Waals surface area (Å²) in [6, 6.07) is 20.1. The molecule has 0 aliphatic rings. The molecule has 2 aromatic heterocycles. The van der Waals surface area contributed by atoms with E-state index in [0.29, 0.717) is 18.7 Å². The standard InChI is InChI=1S/C27H32N4OS/c1-19(2)25(30(16-7-15-28)27(32)21-13-11-20(3)12-14-21)26-29-23-9-4-5-10-24(23)31(26)18-22-8-6-17-33-22/h4-6,8-14,17,19,25H,7,15-16,18,28H2,1-3H3/t25-/m1/s1. The SMILES string of the molecule is Cc1ccc(C(=O)N(CCCN)[C@@H](c2nc3ccccc3n2Cc2cccs2)C(C)C)cc1. The summed E-state index contributed by atoms with van der Waals surface area (Å²) in [6.45, 7) is 8.22. The van der Waals surface area contributed by atoms with Crippen LogP contribution in [0.3, 0.4) is 0 Å². The fourth-order valence-electron chi connectivity index (χ4n) is 4.33. The summed E-state index contributed by atoms with van der Waals surface area (Å²) in [5.74, 6) is 1.13. The van der Waals surface area contributed by atoms with Crippen LogP contribution in [0.1, 0.15) is 52.9 Å². The van der Waals surface area contributed by atoms with Gasteiger partial charge in [0, 0.05) is 17.0 Å². The molecule has 2 heterocycles. The van der Waals surface area contributed by atoms with Gasteiger partial charge in [-0.15, -0.1) is 11.3 Å². The van der Waals surface area contributed by atoms with Gasteiger partial charge in [0.1, 0.15) is 5.82 Å². The maximum Gasteiger partial charge on any atom is 0.254 e. The maximum atomic E-state index is 13.8. The van der Waals surface area contributed by atoms with Gasteiger partial charge in [-0.1, -0.05) is 49.7 Å². The molecule has 0 fully saturated rings. The quantitative estimate of drug-likeness (QED) is 0.351. The molecule has 1 amide bonds. The van der Waals surface area contributed by atoms with Gasteiger partial charge in [-0.25, -0.2) is 4.98 Å². The first-order valence-corrected chi connectivity index (χ1v) is 12.4. The van der Waals surface area contributed by atoms with E-state index < -0.39 is 0 Å². The zero-order valence-corrected chi connectivity index (χ0v) is 20.4. The van der Waals surface area contributed by atoms with Crippen LogP contribution in [0.15, 0.2) is 66.0 Å². The lowest BCUT2D eigenvalue weighted by Gasteiger charge is -2.34. The van der Waals surface area contributed by atoms with E-state index in [1.807, 2.05) is 54.3 Å². The molecule has 0 unspecified atom stereocenters. The highest BCUT2D eigenvalue weighted by Crippen LogP contribution is 2.33. The molecule has 0 aliphatic heterocycles. The minimum absolute atomic E-state index is 0.0249. The van der Waals surface area contributed by atoms with Crippen molar-refractivity contribution in [1.82, 2.24) is 14.5 Å². The number of aryl methyl sites for hydroxylation is 1. The Morgan fingerprint density at radius 3 is 2.52 bits per heavy atom. The van der Waals surface area contributed by atoms with Gasteiger partial charge in [-0.3, -0.25) is 4.79 Å². The molecule has 0 saturated heterocycles. The Morgan fingerprint density at radius 1 is 1.09 bits per heavy atom. The smallest absolute Gasteiger partial charge is 0.254 e. The minimum atomic E-state index is -0.169. The van der Waals surface area contributed by atoms with Crippen LogP contribution in [0.25, 0.3) is 11.0 Å². The number of benzene rings is 2. The number of para-hydroxylation sites is 2. The van der Waals surface area contributed by atoms with Crippen LogP contribution in [0.4, 0.5) is 0 Å². The molecule has 0 bridgehead atoms. The second kappa shape index (κ2) is 10.3. The number of carbonyl (C=O) groups is 1. The van der Waals surface area contributed by atoms with Crippen LogP contribution in [-0.2, 0) is 6.54 Å². The predicted octanol–water partition coefficient (Wildman–Crippen LogP) is 5.64. The molecule has 4 aromatic rings. The monoisotopic (exact) mass is 460 g/mol. The fourth-order valence-corrected chi connectivity index (χ4v) is 5.03. The number of nitrogens with zero attached hydrogens (tertiary/aromatic N) is 3. The molecule has 1 atom stereocenters. The number of aromatic nitrogens is 2. The third-order valence-electron chi connectivity index (χ3n) is 5.97. The highest BCUT2D eigenvalue weighted by molar-refractivity contribution is 7.09. The number of fused-ring (bicyclic) bond motifs is 1. The van der Waals surface area contributed by atoms with Crippen molar-refractivity contribution in [2.45, 2.75) is 39.8 Å². The zero-order valence-electron chi connectivity index (χ0n) is 19.6.